The van der Waals surface area contributed by atoms with E-state index in [-0.39, 0.29) is 5.69 Å². The van der Waals surface area contributed by atoms with E-state index in [4.69, 9.17) is 0 Å². The molecule has 1 unspecified atom stereocenters. The summed E-state index contributed by atoms with van der Waals surface area (Å²) in [6, 6.07) is 6.96. The van der Waals surface area contributed by atoms with Crippen molar-refractivity contribution in [2.75, 3.05) is 31.1 Å². The molecule has 2 aliphatic heterocycles. The van der Waals surface area contributed by atoms with Gasteiger partial charge in [0, 0.05) is 74.8 Å². The highest BCUT2D eigenvalue weighted by atomic mass is 16.2. The molecule has 42 heavy (non-hydrogen) atoms. The number of hydrogen-bond donors (Lipinski definition) is 1. The smallest absolute Gasteiger partial charge is 0.329 e. The topological polar surface area (TPSA) is 110 Å². The molecule has 3 amide bonds. The first kappa shape index (κ1) is 29.1. The molecule has 0 radical (unpaired) electrons. The molecule has 10 nitrogen and oxygen atoms in total. The molecule has 1 atom stereocenters. The Morgan fingerprint density at radius 2 is 1.95 bits per heavy atom. The Morgan fingerprint density at radius 3 is 2.67 bits per heavy atom. The van der Waals surface area contributed by atoms with Gasteiger partial charge in [-0.2, -0.15) is 0 Å². The van der Waals surface area contributed by atoms with Crippen molar-refractivity contribution in [1.82, 2.24) is 24.3 Å². The van der Waals surface area contributed by atoms with Crippen LogP contribution in [0.3, 0.4) is 0 Å². The van der Waals surface area contributed by atoms with Gasteiger partial charge in [-0.25, -0.2) is 4.79 Å². The highest BCUT2D eigenvalue weighted by Crippen LogP contribution is 2.35. The Morgan fingerprint density at radius 1 is 1.17 bits per heavy atom. The minimum atomic E-state index is -0.754. The number of likely N-dealkylation sites (tertiary alicyclic amines) is 1. The van der Waals surface area contributed by atoms with Crippen LogP contribution in [0.25, 0.3) is 11.0 Å². The lowest BCUT2D eigenvalue weighted by molar-refractivity contribution is -0.128. The van der Waals surface area contributed by atoms with Crippen LogP contribution in [0.4, 0.5) is 5.69 Å². The summed E-state index contributed by atoms with van der Waals surface area (Å²) in [5, 5.41) is 2.20. The van der Waals surface area contributed by atoms with Crippen LogP contribution in [-0.4, -0.2) is 63.9 Å². The van der Waals surface area contributed by atoms with E-state index in [0.29, 0.717) is 42.1 Å². The number of carbonyl (C=O) groups excluding carboxylic acids is 3. The predicted molar refractivity (Wildman–Crippen MR) is 161 cm³/mol. The Hall–Kier alpha value is -4.39. The zero-order valence-corrected chi connectivity index (χ0v) is 24.3. The van der Waals surface area contributed by atoms with Crippen molar-refractivity contribution in [3.63, 3.8) is 0 Å². The number of benzene rings is 1. The first-order chi connectivity index (χ1) is 20.4. The molecule has 0 aliphatic carbocycles. The third-order valence-corrected chi connectivity index (χ3v) is 8.66. The number of pyridine rings is 1. The lowest BCUT2D eigenvalue weighted by atomic mass is 9.89. The zero-order valence-electron chi connectivity index (χ0n) is 24.3. The van der Waals surface area contributed by atoms with Crippen molar-refractivity contribution in [2.45, 2.75) is 57.4 Å². The number of fused-ring (bicyclic) bond motifs is 1. The SMILES string of the molecule is CCCC(C(=O)NC=O)n1c(=O)n(C)c2cc(C#CCCC3CCN(c4ccncc4C4CN(C=O)C4)CC3)ccc21. The standard InChI is InChI=1S/C32H38N6O4/c1-3-6-29(31(41)34-21-39)38-28-10-9-24(17-30(28)35(2)32(38)42)8-5-4-7-23-12-15-37(16-13-23)27-11-14-33-18-26(27)25-19-36(20-25)22-40/h9-11,14,17-18,21-23,25,29H,3-4,6-7,12-13,15-16,19-20H2,1-2H3,(H,34,39,41). The summed E-state index contributed by atoms with van der Waals surface area (Å²) in [7, 11) is 1.69. The quantitative estimate of drug-likeness (QED) is 0.297. The Balaban J connectivity index is 1.19. The predicted octanol–water partition coefficient (Wildman–Crippen LogP) is 2.95. The van der Waals surface area contributed by atoms with E-state index in [1.54, 1.807) is 11.9 Å². The normalized spacial score (nSPS) is 16.4. The molecular weight excluding hydrogens is 532 g/mol. The minimum Gasteiger partial charge on any atom is -0.371 e. The second kappa shape index (κ2) is 13.1. The fourth-order valence-electron chi connectivity index (χ4n) is 6.25. The van der Waals surface area contributed by atoms with Gasteiger partial charge in [-0.3, -0.25) is 33.8 Å². The van der Waals surface area contributed by atoms with E-state index in [9.17, 15) is 19.2 Å². The number of aryl methyl sites for hydroxylation is 1. The number of imidazole rings is 1. The third-order valence-electron chi connectivity index (χ3n) is 8.66. The number of nitrogens with one attached hydrogen (secondary N) is 1. The van der Waals surface area contributed by atoms with Gasteiger partial charge < -0.3 is 9.80 Å². The monoisotopic (exact) mass is 570 g/mol. The molecular formula is C32H38N6O4. The summed E-state index contributed by atoms with van der Waals surface area (Å²) in [5.41, 5.74) is 4.38. The summed E-state index contributed by atoms with van der Waals surface area (Å²) in [5.74, 6) is 7.09. The molecule has 5 rings (SSSR count). The van der Waals surface area contributed by atoms with Crippen molar-refractivity contribution in [2.24, 2.45) is 13.0 Å². The van der Waals surface area contributed by atoms with Crippen LogP contribution in [-0.2, 0) is 21.4 Å². The van der Waals surface area contributed by atoms with Gasteiger partial charge in [-0.1, -0.05) is 25.2 Å². The molecule has 0 saturated carbocycles. The van der Waals surface area contributed by atoms with Crippen molar-refractivity contribution >= 4 is 35.4 Å². The Labute approximate surface area is 245 Å². The zero-order chi connectivity index (χ0) is 29.6. The number of imide groups is 1. The molecule has 2 fully saturated rings. The van der Waals surface area contributed by atoms with Crippen molar-refractivity contribution in [1.29, 1.82) is 0 Å². The molecule has 0 spiro atoms. The highest BCUT2D eigenvalue weighted by molar-refractivity contribution is 5.90. The van der Waals surface area contributed by atoms with E-state index in [1.165, 1.54) is 20.4 Å². The third kappa shape index (κ3) is 5.96. The lowest BCUT2D eigenvalue weighted by Crippen LogP contribution is -2.44. The van der Waals surface area contributed by atoms with Gasteiger partial charge in [0.2, 0.25) is 18.7 Å². The van der Waals surface area contributed by atoms with E-state index in [2.05, 4.69) is 33.1 Å². The minimum absolute atomic E-state index is 0.296. The average Bonchev–Trinajstić information content (AvgIpc) is 3.23. The lowest BCUT2D eigenvalue weighted by Gasteiger charge is -2.40. The maximum absolute atomic E-state index is 13.1. The summed E-state index contributed by atoms with van der Waals surface area (Å²) < 4.78 is 3.00. The molecule has 4 heterocycles. The van der Waals surface area contributed by atoms with Crippen LogP contribution in [0.1, 0.15) is 68.5 Å². The largest absolute Gasteiger partial charge is 0.371 e. The number of piperidine rings is 1. The van der Waals surface area contributed by atoms with Gasteiger partial charge in [-0.05, 0) is 55.9 Å². The molecule has 2 aromatic heterocycles. The number of hydrogen-bond acceptors (Lipinski definition) is 6. The van der Waals surface area contributed by atoms with Gasteiger partial charge in [0.1, 0.15) is 6.04 Å². The fourth-order valence-corrected chi connectivity index (χ4v) is 6.25. The van der Waals surface area contributed by atoms with Gasteiger partial charge in [0.25, 0.3) is 0 Å². The van der Waals surface area contributed by atoms with Gasteiger partial charge in [0.15, 0.2) is 0 Å². The van der Waals surface area contributed by atoms with Gasteiger partial charge >= 0.3 is 5.69 Å². The van der Waals surface area contributed by atoms with Crippen LogP contribution < -0.4 is 15.9 Å². The number of nitrogens with zero attached hydrogens (tertiary/aromatic N) is 5. The van der Waals surface area contributed by atoms with Crippen molar-refractivity contribution < 1.29 is 14.4 Å². The number of aromatic nitrogens is 3. The Kier molecular flexibility index (Phi) is 9.06. The van der Waals surface area contributed by atoms with Crippen LogP contribution in [0.15, 0.2) is 41.5 Å². The van der Waals surface area contributed by atoms with Gasteiger partial charge in [-0.15, -0.1) is 0 Å². The van der Waals surface area contributed by atoms with Crippen LogP contribution in [0, 0.1) is 17.8 Å². The fraction of sp³-hybridized carbons (Fsp3) is 0.469. The van der Waals surface area contributed by atoms with E-state index in [1.807, 2.05) is 37.5 Å². The molecule has 0 bridgehead atoms. The first-order valence-electron chi connectivity index (χ1n) is 14.8. The highest BCUT2D eigenvalue weighted by Gasteiger charge is 2.31. The number of amides is 3. The maximum atomic E-state index is 13.1. The van der Waals surface area contributed by atoms with Gasteiger partial charge in [0.05, 0.1) is 11.0 Å². The molecule has 1 N–H and O–H groups in total. The van der Waals surface area contributed by atoms with Crippen LogP contribution in [0.5, 0.6) is 0 Å². The molecule has 2 aliphatic rings. The van der Waals surface area contributed by atoms with E-state index < -0.39 is 11.9 Å². The van der Waals surface area contributed by atoms with Crippen LogP contribution in [0.2, 0.25) is 0 Å². The summed E-state index contributed by atoms with van der Waals surface area (Å²) in [6.07, 6.45) is 10.3. The Bertz CT molecular complexity index is 1570. The van der Waals surface area contributed by atoms with E-state index >= 15 is 0 Å². The van der Waals surface area contributed by atoms with Crippen LogP contribution >= 0.6 is 0 Å². The second-order valence-corrected chi connectivity index (χ2v) is 11.3. The summed E-state index contributed by atoms with van der Waals surface area (Å²) >= 11 is 0. The molecule has 3 aromatic rings. The van der Waals surface area contributed by atoms with Crippen molar-refractivity contribution in [3.05, 3.63) is 58.3 Å². The number of rotatable bonds is 10. The van der Waals surface area contributed by atoms with E-state index in [0.717, 1.165) is 63.8 Å². The molecule has 10 heteroatoms. The number of carbonyl (C=O) groups is 3. The number of anilines is 1. The summed E-state index contributed by atoms with van der Waals surface area (Å²) in [4.78, 5) is 56.1. The average molecular weight is 571 g/mol. The maximum Gasteiger partial charge on any atom is 0.329 e. The summed E-state index contributed by atoms with van der Waals surface area (Å²) in [6.45, 7) is 5.48. The molecule has 1 aromatic carbocycles. The van der Waals surface area contributed by atoms with Crippen molar-refractivity contribution in [3.8, 4) is 11.8 Å². The molecule has 2 saturated heterocycles. The second-order valence-electron chi connectivity index (χ2n) is 11.3. The molecule has 220 valence electrons. The first-order valence-corrected chi connectivity index (χ1v) is 14.8.